The molecule has 3 aromatic rings. The van der Waals surface area contributed by atoms with Crippen molar-refractivity contribution in [1.29, 1.82) is 0 Å². The Bertz CT molecular complexity index is 1280. The number of rotatable bonds is 5. The first kappa shape index (κ1) is 22.8. The molecule has 0 bridgehead atoms. The standard InChI is InChI=1S/C26H25FN4O4/c1-17-4-7-20(35-16-23-21(27)3-2-8-28-23)14-24(17)31-15-19-6-5-18(13-22(19)29-26(31)33)25(32)30-9-11-34-12-10-30/h2-8,13-14H,9-12,15-16H2,1H3,(H,29,33). The second-order valence-corrected chi connectivity index (χ2v) is 8.46. The number of benzene rings is 2. The Kier molecular flexibility index (Phi) is 6.33. The number of carbonyl (C=O) groups is 2. The number of aromatic nitrogens is 1. The second kappa shape index (κ2) is 9.71. The molecule has 1 N–H and O–H groups in total. The monoisotopic (exact) mass is 476 g/mol. The predicted octanol–water partition coefficient (Wildman–Crippen LogP) is 4.13. The van der Waals surface area contributed by atoms with Gasteiger partial charge in [0, 0.05) is 36.6 Å². The van der Waals surface area contributed by atoms with Gasteiger partial charge in [0.05, 0.1) is 25.4 Å². The van der Waals surface area contributed by atoms with Crippen LogP contribution in [0.4, 0.5) is 20.6 Å². The van der Waals surface area contributed by atoms with E-state index in [9.17, 15) is 14.0 Å². The molecule has 9 heteroatoms. The summed E-state index contributed by atoms with van der Waals surface area (Å²) < 4.78 is 24.9. The third-order valence-electron chi connectivity index (χ3n) is 6.15. The first-order valence-electron chi connectivity index (χ1n) is 11.4. The molecule has 3 heterocycles. The van der Waals surface area contributed by atoms with Gasteiger partial charge < -0.3 is 19.7 Å². The maximum absolute atomic E-state index is 13.9. The predicted molar refractivity (Wildman–Crippen MR) is 128 cm³/mol. The van der Waals surface area contributed by atoms with E-state index in [1.54, 1.807) is 34.1 Å². The highest BCUT2D eigenvalue weighted by molar-refractivity contribution is 6.06. The molecule has 2 aliphatic rings. The lowest BCUT2D eigenvalue weighted by Gasteiger charge is -2.31. The molecule has 2 aromatic carbocycles. The summed E-state index contributed by atoms with van der Waals surface area (Å²) in [6.45, 7) is 4.39. The molecule has 0 spiro atoms. The molecule has 0 saturated carbocycles. The van der Waals surface area contributed by atoms with Crippen LogP contribution < -0.4 is 15.0 Å². The topological polar surface area (TPSA) is 84.0 Å². The second-order valence-electron chi connectivity index (χ2n) is 8.46. The van der Waals surface area contributed by atoms with Gasteiger partial charge in [-0.2, -0.15) is 0 Å². The summed E-state index contributed by atoms with van der Waals surface area (Å²) in [7, 11) is 0. The van der Waals surface area contributed by atoms with Crippen molar-refractivity contribution in [3.05, 3.63) is 82.9 Å². The Balaban J connectivity index is 1.33. The van der Waals surface area contributed by atoms with E-state index < -0.39 is 5.82 Å². The number of halogens is 1. The molecular weight excluding hydrogens is 451 g/mol. The zero-order chi connectivity index (χ0) is 24.4. The van der Waals surface area contributed by atoms with Gasteiger partial charge in [-0.1, -0.05) is 12.1 Å². The Labute approximate surface area is 202 Å². The molecule has 1 saturated heterocycles. The largest absolute Gasteiger partial charge is 0.487 e. The molecule has 0 radical (unpaired) electrons. The Morgan fingerprint density at radius 2 is 2.00 bits per heavy atom. The van der Waals surface area contributed by atoms with Crippen LogP contribution in [0.1, 0.15) is 27.2 Å². The van der Waals surface area contributed by atoms with Gasteiger partial charge >= 0.3 is 6.03 Å². The van der Waals surface area contributed by atoms with E-state index in [0.717, 1.165) is 11.1 Å². The molecule has 3 amide bonds. The van der Waals surface area contributed by atoms with Gasteiger partial charge in [-0.3, -0.25) is 14.7 Å². The summed E-state index contributed by atoms with van der Waals surface area (Å²) in [4.78, 5) is 33.2. The van der Waals surface area contributed by atoms with E-state index in [1.807, 2.05) is 19.1 Å². The van der Waals surface area contributed by atoms with Crippen molar-refractivity contribution in [2.75, 3.05) is 36.5 Å². The van der Waals surface area contributed by atoms with E-state index in [1.165, 1.54) is 18.3 Å². The minimum Gasteiger partial charge on any atom is -0.487 e. The smallest absolute Gasteiger partial charge is 0.326 e. The van der Waals surface area contributed by atoms with Crippen molar-refractivity contribution in [3.8, 4) is 5.75 Å². The van der Waals surface area contributed by atoms with E-state index in [0.29, 0.717) is 55.5 Å². The highest BCUT2D eigenvalue weighted by Gasteiger charge is 2.27. The van der Waals surface area contributed by atoms with Crippen molar-refractivity contribution < 1.29 is 23.5 Å². The normalized spacial score (nSPS) is 15.4. The van der Waals surface area contributed by atoms with Gasteiger partial charge in [-0.15, -0.1) is 0 Å². The number of nitrogens with one attached hydrogen (secondary N) is 1. The number of nitrogens with zero attached hydrogens (tertiary/aromatic N) is 3. The van der Waals surface area contributed by atoms with Gasteiger partial charge in [0.15, 0.2) is 0 Å². The number of anilines is 2. The number of aryl methyl sites for hydroxylation is 1. The van der Waals surface area contributed by atoms with Crippen molar-refractivity contribution in [2.45, 2.75) is 20.1 Å². The van der Waals surface area contributed by atoms with Crippen LogP contribution in [0.25, 0.3) is 0 Å². The molecule has 0 aliphatic carbocycles. The van der Waals surface area contributed by atoms with Gasteiger partial charge in [-0.05, 0) is 48.4 Å². The van der Waals surface area contributed by atoms with Crippen LogP contribution >= 0.6 is 0 Å². The van der Waals surface area contributed by atoms with E-state index >= 15 is 0 Å². The Morgan fingerprint density at radius 3 is 2.80 bits per heavy atom. The summed E-state index contributed by atoms with van der Waals surface area (Å²) in [5, 5.41) is 2.91. The fourth-order valence-electron chi connectivity index (χ4n) is 4.18. The number of pyridine rings is 1. The summed E-state index contributed by atoms with van der Waals surface area (Å²) >= 11 is 0. The van der Waals surface area contributed by atoms with Crippen LogP contribution in [0.15, 0.2) is 54.7 Å². The summed E-state index contributed by atoms with van der Waals surface area (Å²) in [6, 6.07) is 13.3. The van der Waals surface area contributed by atoms with Crippen LogP contribution in [0.2, 0.25) is 0 Å². The van der Waals surface area contributed by atoms with Gasteiger partial charge in [-0.25, -0.2) is 9.18 Å². The molecule has 5 rings (SSSR count). The van der Waals surface area contributed by atoms with Gasteiger partial charge in [0.25, 0.3) is 5.91 Å². The first-order chi connectivity index (χ1) is 17.0. The van der Waals surface area contributed by atoms with E-state index in [2.05, 4.69) is 10.3 Å². The molecule has 8 nitrogen and oxygen atoms in total. The number of hydrogen-bond acceptors (Lipinski definition) is 5. The number of amides is 3. The van der Waals surface area contributed by atoms with Crippen LogP contribution in [-0.4, -0.2) is 48.1 Å². The highest BCUT2D eigenvalue weighted by atomic mass is 19.1. The fraction of sp³-hybridized carbons (Fsp3) is 0.269. The molecule has 0 unspecified atom stereocenters. The minimum atomic E-state index is -0.432. The van der Waals surface area contributed by atoms with Crippen LogP contribution in [-0.2, 0) is 17.9 Å². The van der Waals surface area contributed by atoms with Gasteiger partial charge in [0.2, 0.25) is 0 Å². The van der Waals surface area contributed by atoms with Gasteiger partial charge in [0.1, 0.15) is 23.9 Å². The van der Waals surface area contributed by atoms with E-state index in [4.69, 9.17) is 9.47 Å². The average molecular weight is 477 g/mol. The molecule has 2 aliphatic heterocycles. The number of carbonyl (C=O) groups excluding carboxylic acids is 2. The van der Waals surface area contributed by atoms with Crippen molar-refractivity contribution in [2.24, 2.45) is 0 Å². The lowest BCUT2D eigenvalue weighted by molar-refractivity contribution is 0.0303. The third kappa shape index (κ3) is 4.81. The van der Waals surface area contributed by atoms with Crippen molar-refractivity contribution >= 4 is 23.3 Å². The summed E-state index contributed by atoms with van der Waals surface area (Å²) in [6.07, 6.45) is 1.51. The number of fused-ring (bicyclic) bond motifs is 1. The number of ether oxygens (including phenoxy) is 2. The number of hydrogen-bond donors (Lipinski definition) is 1. The number of urea groups is 1. The average Bonchev–Trinajstić information content (AvgIpc) is 2.88. The Morgan fingerprint density at radius 1 is 1.17 bits per heavy atom. The molecule has 1 fully saturated rings. The minimum absolute atomic E-state index is 0.0237. The summed E-state index contributed by atoms with van der Waals surface area (Å²) in [5.41, 5.74) is 3.83. The molecule has 180 valence electrons. The maximum atomic E-state index is 13.9. The molecule has 1 aromatic heterocycles. The maximum Gasteiger partial charge on any atom is 0.326 e. The highest BCUT2D eigenvalue weighted by Crippen LogP contribution is 2.33. The first-order valence-corrected chi connectivity index (χ1v) is 11.4. The van der Waals surface area contributed by atoms with Crippen molar-refractivity contribution in [1.82, 2.24) is 9.88 Å². The lowest BCUT2D eigenvalue weighted by Crippen LogP contribution is -2.41. The Hall–Kier alpha value is -3.98. The molecule has 0 atom stereocenters. The van der Waals surface area contributed by atoms with Crippen LogP contribution in [0.5, 0.6) is 5.75 Å². The number of morpholine rings is 1. The zero-order valence-electron chi connectivity index (χ0n) is 19.3. The molecule has 35 heavy (non-hydrogen) atoms. The van der Waals surface area contributed by atoms with E-state index in [-0.39, 0.29) is 24.2 Å². The zero-order valence-corrected chi connectivity index (χ0v) is 19.3. The summed E-state index contributed by atoms with van der Waals surface area (Å²) in [5.74, 6) is -0.00292. The molecular formula is C26H25FN4O4. The SMILES string of the molecule is Cc1ccc(OCc2ncccc2F)cc1N1Cc2ccc(C(=O)N3CCOCC3)cc2NC1=O. The van der Waals surface area contributed by atoms with Crippen LogP contribution in [0, 0.1) is 12.7 Å². The van der Waals surface area contributed by atoms with Crippen LogP contribution in [0.3, 0.4) is 0 Å². The third-order valence-corrected chi connectivity index (χ3v) is 6.15. The quantitative estimate of drug-likeness (QED) is 0.599. The fourth-order valence-corrected chi connectivity index (χ4v) is 4.18. The van der Waals surface area contributed by atoms with Crippen molar-refractivity contribution in [3.63, 3.8) is 0 Å². The lowest BCUT2D eigenvalue weighted by atomic mass is 10.0.